The van der Waals surface area contributed by atoms with Crippen LogP contribution in [0.3, 0.4) is 0 Å². The smallest absolute Gasteiger partial charge is 0.384 e. The van der Waals surface area contributed by atoms with Crippen molar-refractivity contribution in [3.63, 3.8) is 0 Å². The number of benzene rings is 2. The summed E-state index contributed by atoms with van der Waals surface area (Å²) in [7, 11) is 0. The van der Waals surface area contributed by atoms with Crippen molar-refractivity contribution in [3.05, 3.63) is 70.2 Å². The van der Waals surface area contributed by atoms with E-state index in [4.69, 9.17) is 11.6 Å². The first-order chi connectivity index (χ1) is 8.91. The number of aliphatic hydroxyl groups excluding tert-OH is 1. The van der Waals surface area contributed by atoms with E-state index in [2.05, 4.69) is 0 Å². The first kappa shape index (κ1) is 13.9. The third-order valence-electron chi connectivity index (χ3n) is 2.74. The lowest BCUT2D eigenvalue weighted by atomic mass is 9.99. The quantitative estimate of drug-likeness (QED) is 0.865. The molecule has 0 aliphatic carbocycles. The fourth-order valence-electron chi connectivity index (χ4n) is 1.79. The maximum Gasteiger partial charge on any atom is 0.417 e. The number of rotatable bonds is 2. The van der Waals surface area contributed by atoms with Gasteiger partial charge in [-0.05, 0) is 11.6 Å². The highest BCUT2D eigenvalue weighted by Crippen LogP contribution is 2.39. The van der Waals surface area contributed by atoms with Crippen LogP contribution in [0.1, 0.15) is 22.8 Å². The second-order valence-electron chi connectivity index (χ2n) is 4.02. The highest BCUT2D eigenvalue weighted by molar-refractivity contribution is 6.32. The van der Waals surface area contributed by atoms with E-state index < -0.39 is 22.9 Å². The summed E-state index contributed by atoms with van der Waals surface area (Å²) in [5.41, 5.74) is -0.409. The fraction of sp³-hybridized carbons (Fsp3) is 0.143. The molecule has 1 N–H and O–H groups in total. The van der Waals surface area contributed by atoms with Crippen LogP contribution < -0.4 is 0 Å². The summed E-state index contributed by atoms with van der Waals surface area (Å²) >= 11 is 5.76. The molecule has 100 valence electrons. The van der Waals surface area contributed by atoms with Crippen molar-refractivity contribution in [1.29, 1.82) is 0 Å². The second-order valence-corrected chi connectivity index (χ2v) is 4.40. The van der Waals surface area contributed by atoms with E-state index >= 15 is 0 Å². The van der Waals surface area contributed by atoms with Crippen LogP contribution in [0, 0.1) is 0 Å². The van der Waals surface area contributed by atoms with Crippen molar-refractivity contribution in [3.8, 4) is 0 Å². The lowest BCUT2D eigenvalue weighted by Crippen LogP contribution is -2.09. The van der Waals surface area contributed by atoms with Gasteiger partial charge >= 0.3 is 6.18 Å². The summed E-state index contributed by atoms with van der Waals surface area (Å²) in [6, 6.07) is 11.9. The van der Waals surface area contributed by atoms with Crippen LogP contribution in [0.25, 0.3) is 0 Å². The summed E-state index contributed by atoms with van der Waals surface area (Å²) in [6.45, 7) is 0. The largest absolute Gasteiger partial charge is 0.417 e. The summed E-state index contributed by atoms with van der Waals surface area (Å²) in [6.07, 6.45) is -5.72. The average molecular weight is 287 g/mol. The zero-order valence-corrected chi connectivity index (χ0v) is 10.4. The Labute approximate surface area is 113 Å². The van der Waals surface area contributed by atoms with Crippen molar-refractivity contribution < 1.29 is 18.3 Å². The van der Waals surface area contributed by atoms with Gasteiger partial charge in [0.1, 0.15) is 6.10 Å². The molecule has 1 unspecified atom stereocenters. The maximum absolute atomic E-state index is 12.7. The van der Waals surface area contributed by atoms with Crippen molar-refractivity contribution >= 4 is 11.6 Å². The molecule has 0 saturated heterocycles. The number of halogens is 4. The molecule has 0 saturated carbocycles. The molecule has 0 bridgehead atoms. The predicted octanol–water partition coefficient (Wildman–Crippen LogP) is 4.44. The molecule has 2 aromatic rings. The standard InChI is InChI=1S/C14H10ClF3O/c15-12-10(7-4-8-11(12)14(16,17)18)13(19)9-5-2-1-3-6-9/h1-8,13,19H. The maximum atomic E-state index is 12.7. The Kier molecular flexibility index (Phi) is 3.83. The van der Waals surface area contributed by atoms with Crippen LogP contribution in [0.5, 0.6) is 0 Å². The molecule has 2 aromatic carbocycles. The Hall–Kier alpha value is -1.52. The SMILES string of the molecule is OC(c1ccccc1)c1cccc(C(F)(F)F)c1Cl. The molecule has 1 atom stereocenters. The normalized spacial score (nSPS) is 13.3. The van der Waals surface area contributed by atoms with Gasteiger partial charge in [0, 0.05) is 5.56 Å². The Balaban J connectivity index is 2.47. The molecule has 0 aliphatic heterocycles. The van der Waals surface area contributed by atoms with Crippen molar-refractivity contribution in [2.45, 2.75) is 12.3 Å². The number of alkyl halides is 3. The van der Waals surface area contributed by atoms with E-state index in [-0.39, 0.29) is 5.56 Å². The Morgan fingerprint density at radius 2 is 1.58 bits per heavy atom. The summed E-state index contributed by atoms with van der Waals surface area (Å²) in [5, 5.41) is 9.64. The lowest BCUT2D eigenvalue weighted by Gasteiger charge is -2.16. The zero-order chi connectivity index (χ0) is 14.0. The number of aliphatic hydroxyl groups is 1. The monoisotopic (exact) mass is 286 g/mol. The molecule has 1 nitrogen and oxygen atoms in total. The molecule has 0 amide bonds. The average Bonchev–Trinajstić information content (AvgIpc) is 2.38. The zero-order valence-electron chi connectivity index (χ0n) is 9.66. The molecule has 5 heteroatoms. The van der Waals surface area contributed by atoms with Crippen LogP contribution in [0.2, 0.25) is 5.02 Å². The van der Waals surface area contributed by atoms with Crippen molar-refractivity contribution in [2.24, 2.45) is 0 Å². The first-order valence-electron chi connectivity index (χ1n) is 5.50. The van der Waals surface area contributed by atoms with Gasteiger partial charge in [-0.25, -0.2) is 0 Å². The van der Waals surface area contributed by atoms with Crippen LogP contribution in [0.15, 0.2) is 48.5 Å². The van der Waals surface area contributed by atoms with E-state index in [0.717, 1.165) is 6.07 Å². The van der Waals surface area contributed by atoms with Crippen LogP contribution >= 0.6 is 11.6 Å². The van der Waals surface area contributed by atoms with E-state index in [1.54, 1.807) is 30.3 Å². The first-order valence-corrected chi connectivity index (χ1v) is 5.87. The van der Waals surface area contributed by atoms with E-state index in [9.17, 15) is 18.3 Å². The van der Waals surface area contributed by atoms with E-state index in [1.807, 2.05) is 0 Å². The highest BCUT2D eigenvalue weighted by Gasteiger charge is 2.34. The van der Waals surface area contributed by atoms with Crippen LogP contribution in [0.4, 0.5) is 13.2 Å². The van der Waals surface area contributed by atoms with Gasteiger partial charge in [0.05, 0.1) is 10.6 Å². The van der Waals surface area contributed by atoms with Crippen LogP contribution in [-0.2, 0) is 6.18 Å². The predicted molar refractivity (Wildman–Crippen MR) is 67.0 cm³/mol. The van der Waals surface area contributed by atoms with Gasteiger partial charge in [0.25, 0.3) is 0 Å². The number of hydrogen-bond acceptors (Lipinski definition) is 1. The third kappa shape index (κ3) is 2.91. The Bertz CT molecular complexity index is 567. The topological polar surface area (TPSA) is 20.2 Å². The lowest BCUT2D eigenvalue weighted by molar-refractivity contribution is -0.137. The minimum absolute atomic E-state index is 0.0442. The fourth-order valence-corrected chi connectivity index (χ4v) is 2.13. The van der Waals surface area contributed by atoms with Gasteiger partial charge in [0.15, 0.2) is 0 Å². The molecule has 0 radical (unpaired) electrons. The van der Waals surface area contributed by atoms with Gasteiger partial charge in [-0.15, -0.1) is 0 Å². The van der Waals surface area contributed by atoms with Gasteiger partial charge in [-0.3, -0.25) is 0 Å². The van der Waals surface area contributed by atoms with Gasteiger partial charge in [-0.2, -0.15) is 13.2 Å². The molecular weight excluding hydrogens is 277 g/mol. The van der Waals surface area contributed by atoms with Crippen LogP contribution in [-0.4, -0.2) is 5.11 Å². The molecule has 19 heavy (non-hydrogen) atoms. The second kappa shape index (κ2) is 5.23. The summed E-state index contributed by atoms with van der Waals surface area (Å²) < 4.78 is 38.2. The number of hydrogen-bond donors (Lipinski definition) is 1. The molecule has 0 heterocycles. The molecule has 0 aliphatic rings. The summed E-state index contributed by atoms with van der Waals surface area (Å²) in [5.74, 6) is 0. The van der Waals surface area contributed by atoms with Gasteiger partial charge < -0.3 is 5.11 Å². The van der Waals surface area contributed by atoms with Crippen molar-refractivity contribution in [2.75, 3.05) is 0 Å². The minimum atomic E-state index is -4.54. The molecular formula is C14H10ClF3O. The highest BCUT2D eigenvalue weighted by atomic mass is 35.5. The summed E-state index contributed by atoms with van der Waals surface area (Å²) in [4.78, 5) is 0. The third-order valence-corrected chi connectivity index (χ3v) is 3.17. The van der Waals surface area contributed by atoms with Crippen molar-refractivity contribution in [1.82, 2.24) is 0 Å². The molecule has 0 spiro atoms. The molecule has 0 aromatic heterocycles. The van der Waals surface area contributed by atoms with Gasteiger partial charge in [-0.1, -0.05) is 54.1 Å². The minimum Gasteiger partial charge on any atom is -0.384 e. The Morgan fingerprint density at radius 3 is 2.16 bits per heavy atom. The molecule has 2 rings (SSSR count). The van der Waals surface area contributed by atoms with E-state index in [1.165, 1.54) is 12.1 Å². The van der Waals surface area contributed by atoms with Gasteiger partial charge in [0.2, 0.25) is 0 Å². The van der Waals surface area contributed by atoms with E-state index in [0.29, 0.717) is 5.56 Å². The molecule has 0 fully saturated rings. The Morgan fingerprint density at radius 1 is 0.947 bits per heavy atom.